The summed E-state index contributed by atoms with van der Waals surface area (Å²) in [6, 6.07) is 14.3. The lowest BCUT2D eigenvalue weighted by Crippen LogP contribution is -2.34. The van der Waals surface area contributed by atoms with E-state index in [1.165, 1.54) is 32.8 Å². The van der Waals surface area contributed by atoms with Crippen molar-refractivity contribution in [3.63, 3.8) is 0 Å². The van der Waals surface area contributed by atoms with Gasteiger partial charge in [0.2, 0.25) is 0 Å². The van der Waals surface area contributed by atoms with Crippen molar-refractivity contribution in [1.82, 2.24) is 5.32 Å². The monoisotopic (exact) mass is 366 g/mol. The number of amides is 2. The minimum absolute atomic E-state index is 0.0877. The van der Waals surface area contributed by atoms with Gasteiger partial charge in [0.25, 0.3) is 11.8 Å². The zero-order chi connectivity index (χ0) is 19.1. The van der Waals surface area contributed by atoms with Crippen LogP contribution in [0.1, 0.15) is 59.2 Å². The fourth-order valence-corrected chi connectivity index (χ4v) is 3.46. The first-order valence-electron chi connectivity index (χ1n) is 9.52. The highest BCUT2D eigenvalue weighted by Crippen LogP contribution is 2.21. The molecule has 0 aromatic heterocycles. The highest BCUT2D eigenvalue weighted by atomic mass is 16.5. The van der Waals surface area contributed by atoms with Gasteiger partial charge in [0.1, 0.15) is 5.75 Å². The first-order chi connectivity index (χ1) is 13.2. The zero-order valence-corrected chi connectivity index (χ0v) is 15.7. The van der Waals surface area contributed by atoms with Gasteiger partial charge in [-0.2, -0.15) is 0 Å². The lowest BCUT2D eigenvalue weighted by molar-refractivity contribution is 0.0932. The van der Waals surface area contributed by atoms with E-state index in [1.54, 1.807) is 42.5 Å². The van der Waals surface area contributed by atoms with Crippen molar-refractivity contribution in [1.29, 1.82) is 0 Å². The molecule has 1 aliphatic carbocycles. The predicted octanol–water partition coefficient (Wildman–Crippen LogP) is 4.40. The standard InChI is InChI=1S/C22H26N2O3/c1-27-20-14-7-6-13-19(20)22(26)24-18-12-8-9-16(15-18)21(25)23-17-10-4-2-3-5-11-17/h6-9,12-15,17H,2-5,10-11H2,1H3,(H,23,25)(H,24,26). The van der Waals surface area contributed by atoms with Crippen LogP contribution < -0.4 is 15.4 Å². The third-order valence-corrected chi connectivity index (χ3v) is 4.92. The smallest absolute Gasteiger partial charge is 0.259 e. The zero-order valence-electron chi connectivity index (χ0n) is 15.7. The second-order valence-electron chi connectivity index (χ2n) is 6.90. The van der Waals surface area contributed by atoms with E-state index < -0.39 is 0 Å². The van der Waals surface area contributed by atoms with Crippen LogP contribution in [0.2, 0.25) is 0 Å². The normalized spacial score (nSPS) is 14.9. The summed E-state index contributed by atoms with van der Waals surface area (Å²) >= 11 is 0. The van der Waals surface area contributed by atoms with Crippen molar-refractivity contribution in [2.75, 3.05) is 12.4 Å². The maximum Gasteiger partial charge on any atom is 0.259 e. The minimum Gasteiger partial charge on any atom is -0.496 e. The molecule has 2 aromatic carbocycles. The molecule has 142 valence electrons. The number of nitrogens with one attached hydrogen (secondary N) is 2. The first kappa shape index (κ1) is 19.0. The quantitative estimate of drug-likeness (QED) is 0.771. The third kappa shape index (κ3) is 5.09. The van der Waals surface area contributed by atoms with Crippen molar-refractivity contribution in [3.8, 4) is 5.75 Å². The van der Waals surface area contributed by atoms with Crippen molar-refractivity contribution < 1.29 is 14.3 Å². The Balaban J connectivity index is 1.67. The fraction of sp³-hybridized carbons (Fsp3) is 0.364. The van der Waals surface area contributed by atoms with Gasteiger partial charge >= 0.3 is 0 Å². The molecule has 27 heavy (non-hydrogen) atoms. The Morgan fingerprint density at radius 2 is 1.67 bits per heavy atom. The van der Waals surface area contributed by atoms with E-state index in [1.807, 2.05) is 6.07 Å². The van der Waals surface area contributed by atoms with Gasteiger partial charge in [0, 0.05) is 17.3 Å². The Bertz CT molecular complexity index is 796. The van der Waals surface area contributed by atoms with E-state index in [-0.39, 0.29) is 17.9 Å². The summed E-state index contributed by atoms with van der Waals surface area (Å²) in [7, 11) is 1.53. The molecule has 3 rings (SSSR count). The minimum atomic E-state index is -0.270. The third-order valence-electron chi connectivity index (χ3n) is 4.92. The molecule has 1 saturated carbocycles. The van der Waals surface area contributed by atoms with Gasteiger partial charge in [-0.05, 0) is 43.2 Å². The number of carbonyl (C=O) groups is 2. The number of rotatable bonds is 5. The molecule has 0 saturated heterocycles. The molecule has 0 spiro atoms. The van der Waals surface area contributed by atoms with Crippen molar-refractivity contribution in [2.24, 2.45) is 0 Å². The Morgan fingerprint density at radius 3 is 2.41 bits per heavy atom. The molecular weight excluding hydrogens is 340 g/mol. The summed E-state index contributed by atoms with van der Waals surface area (Å²) in [5, 5.41) is 5.98. The van der Waals surface area contributed by atoms with Gasteiger partial charge in [-0.25, -0.2) is 0 Å². The van der Waals surface area contributed by atoms with Gasteiger partial charge in [-0.3, -0.25) is 9.59 Å². The second kappa shape index (κ2) is 9.21. The molecular formula is C22H26N2O3. The molecule has 0 bridgehead atoms. The van der Waals surface area contributed by atoms with Crippen LogP contribution in [0.4, 0.5) is 5.69 Å². The Hall–Kier alpha value is -2.82. The van der Waals surface area contributed by atoms with Gasteiger partial charge < -0.3 is 15.4 Å². The van der Waals surface area contributed by atoms with E-state index in [2.05, 4.69) is 10.6 Å². The lowest BCUT2D eigenvalue weighted by Gasteiger charge is -2.16. The molecule has 0 heterocycles. The number of ether oxygens (including phenoxy) is 1. The van der Waals surface area contributed by atoms with Crippen LogP contribution in [0.5, 0.6) is 5.75 Å². The van der Waals surface area contributed by atoms with Crippen LogP contribution in [0.25, 0.3) is 0 Å². The van der Waals surface area contributed by atoms with E-state index in [0.29, 0.717) is 22.6 Å². The van der Waals surface area contributed by atoms with Crippen LogP contribution in [0, 0.1) is 0 Å². The Labute approximate surface area is 160 Å². The predicted molar refractivity (Wildman–Crippen MR) is 106 cm³/mol. The number of para-hydroxylation sites is 1. The molecule has 2 amide bonds. The SMILES string of the molecule is COc1ccccc1C(=O)Nc1cccc(C(=O)NC2CCCCCC2)c1. The number of methoxy groups -OCH3 is 1. The Morgan fingerprint density at radius 1 is 0.926 bits per heavy atom. The van der Waals surface area contributed by atoms with Crippen LogP contribution >= 0.6 is 0 Å². The largest absolute Gasteiger partial charge is 0.496 e. The average molecular weight is 366 g/mol. The van der Waals surface area contributed by atoms with Crippen LogP contribution in [0.15, 0.2) is 48.5 Å². The van der Waals surface area contributed by atoms with E-state index in [9.17, 15) is 9.59 Å². The number of hydrogen-bond acceptors (Lipinski definition) is 3. The molecule has 1 aliphatic rings. The molecule has 5 nitrogen and oxygen atoms in total. The van der Waals surface area contributed by atoms with Gasteiger partial charge in [-0.15, -0.1) is 0 Å². The maximum atomic E-state index is 12.6. The summed E-state index contributed by atoms with van der Waals surface area (Å²) in [4.78, 5) is 25.1. The van der Waals surface area contributed by atoms with E-state index >= 15 is 0 Å². The molecule has 2 N–H and O–H groups in total. The maximum absolute atomic E-state index is 12.6. The van der Waals surface area contributed by atoms with Crippen molar-refractivity contribution in [3.05, 3.63) is 59.7 Å². The molecule has 1 fully saturated rings. The average Bonchev–Trinajstić information content (AvgIpc) is 2.96. The highest BCUT2D eigenvalue weighted by Gasteiger charge is 2.17. The fourth-order valence-electron chi connectivity index (χ4n) is 3.46. The van der Waals surface area contributed by atoms with Crippen molar-refractivity contribution >= 4 is 17.5 Å². The summed E-state index contributed by atoms with van der Waals surface area (Å²) in [5.74, 6) is 0.154. The van der Waals surface area contributed by atoms with Crippen LogP contribution in [-0.4, -0.2) is 25.0 Å². The van der Waals surface area contributed by atoms with Crippen LogP contribution in [-0.2, 0) is 0 Å². The highest BCUT2D eigenvalue weighted by molar-refractivity contribution is 6.06. The summed E-state index contributed by atoms with van der Waals surface area (Å²) in [6.45, 7) is 0. The lowest BCUT2D eigenvalue weighted by atomic mass is 10.1. The molecule has 5 heteroatoms. The number of hydrogen-bond donors (Lipinski definition) is 2. The summed E-state index contributed by atoms with van der Waals surface area (Å²) in [6.07, 6.45) is 6.90. The molecule has 0 atom stereocenters. The summed E-state index contributed by atoms with van der Waals surface area (Å²) < 4.78 is 5.24. The van der Waals surface area contributed by atoms with E-state index in [0.717, 1.165) is 12.8 Å². The van der Waals surface area contributed by atoms with Gasteiger partial charge in [-0.1, -0.05) is 43.9 Å². The van der Waals surface area contributed by atoms with Crippen molar-refractivity contribution in [2.45, 2.75) is 44.6 Å². The van der Waals surface area contributed by atoms with Gasteiger partial charge in [0.15, 0.2) is 0 Å². The molecule has 0 aliphatic heterocycles. The molecule has 2 aromatic rings. The number of carbonyl (C=O) groups excluding carboxylic acids is 2. The van der Waals surface area contributed by atoms with E-state index in [4.69, 9.17) is 4.74 Å². The van der Waals surface area contributed by atoms with Gasteiger partial charge in [0.05, 0.1) is 12.7 Å². The molecule has 0 radical (unpaired) electrons. The molecule has 0 unspecified atom stereocenters. The first-order valence-corrected chi connectivity index (χ1v) is 9.52. The topological polar surface area (TPSA) is 67.4 Å². The van der Waals surface area contributed by atoms with Crippen LogP contribution in [0.3, 0.4) is 0 Å². The summed E-state index contributed by atoms with van der Waals surface area (Å²) in [5.41, 5.74) is 1.59. The second-order valence-corrected chi connectivity index (χ2v) is 6.90. The number of benzene rings is 2. The number of anilines is 1. The Kier molecular flexibility index (Phi) is 6.47.